The number of hydrogen-bond donors (Lipinski definition) is 2. The molecule has 3 rings (SSSR count). The van der Waals surface area contributed by atoms with Crippen molar-refractivity contribution in [3.8, 4) is 0 Å². The number of hydrogen-bond acceptors (Lipinski definition) is 5. The third kappa shape index (κ3) is 5.83. The molecule has 1 aliphatic heterocycles. The Kier molecular flexibility index (Phi) is 8.19. The molecular formula is C26H37N5O4. The van der Waals surface area contributed by atoms with Crippen LogP contribution in [0.5, 0.6) is 0 Å². The number of rotatable bonds is 9. The van der Waals surface area contributed by atoms with E-state index in [4.69, 9.17) is 5.73 Å². The van der Waals surface area contributed by atoms with Gasteiger partial charge in [-0.25, -0.2) is 4.79 Å². The van der Waals surface area contributed by atoms with Gasteiger partial charge in [0.1, 0.15) is 5.82 Å². The molecule has 190 valence electrons. The van der Waals surface area contributed by atoms with Crippen LogP contribution in [-0.2, 0) is 22.6 Å². The molecule has 2 amide bonds. The summed E-state index contributed by atoms with van der Waals surface area (Å²) in [7, 11) is 0. The van der Waals surface area contributed by atoms with Gasteiger partial charge in [0.15, 0.2) is 5.69 Å². The number of nitrogens with zero attached hydrogens (tertiary/aromatic N) is 3. The molecule has 1 aromatic carbocycles. The molecule has 0 aliphatic carbocycles. The van der Waals surface area contributed by atoms with Crippen molar-refractivity contribution < 1.29 is 9.59 Å². The molecule has 1 aromatic heterocycles. The Balaban J connectivity index is 1.94. The molecule has 0 bridgehead atoms. The van der Waals surface area contributed by atoms with Gasteiger partial charge >= 0.3 is 5.69 Å². The van der Waals surface area contributed by atoms with Gasteiger partial charge in [0.25, 0.3) is 5.56 Å². The molecule has 9 nitrogen and oxygen atoms in total. The van der Waals surface area contributed by atoms with Crippen molar-refractivity contribution >= 4 is 29.0 Å². The van der Waals surface area contributed by atoms with E-state index in [0.717, 1.165) is 18.5 Å². The number of nitrogen functional groups attached to an aromatic ring is 1. The first-order valence-electron chi connectivity index (χ1n) is 12.4. The van der Waals surface area contributed by atoms with E-state index < -0.39 is 17.2 Å². The van der Waals surface area contributed by atoms with Crippen LogP contribution in [0.25, 0.3) is 0 Å². The van der Waals surface area contributed by atoms with Crippen molar-refractivity contribution in [2.45, 2.75) is 60.4 Å². The predicted octanol–water partition coefficient (Wildman–Crippen LogP) is 2.77. The number of carbonyl (C=O) groups is 2. The van der Waals surface area contributed by atoms with Crippen LogP contribution in [0.15, 0.2) is 33.9 Å². The summed E-state index contributed by atoms with van der Waals surface area (Å²) >= 11 is 0. The maximum Gasteiger partial charge on any atom is 0.330 e. The second-order valence-corrected chi connectivity index (χ2v) is 10.2. The molecule has 9 heteroatoms. The van der Waals surface area contributed by atoms with Gasteiger partial charge in [-0.15, -0.1) is 0 Å². The van der Waals surface area contributed by atoms with Gasteiger partial charge in [-0.05, 0) is 36.0 Å². The molecular weight excluding hydrogens is 446 g/mol. The van der Waals surface area contributed by atoms with Gasteiger partial charge in [-0.2, -0.15) is 0 Å². The van der Waals surface area contributed by atoms with Gasteiger partial charge < -0.3 is 15.5 Å². The maximum absolute atomic E-state index is 13.7. The number of aryl methyl sites for hydroxylation is 1. The lowest BCUT2D eigenvalue weighted by molar-refractivity contribution is -0.124. The zero-order chi connectivity index (χ0) is 25.9. The van der Waals surface area contributed by atoms with Crippen LogP contribution in [0.1, 0.15) is 53.0 Å². The molecule has 2 heterocycles. The Morgan fingerprint density at radius 1 is 1.11 bits per heavy atom. The molecule has 35 heavy (non-hydrogen) atoms. The lowest BCUT2D eigenvalue weighted by Gasteiger charge is -2.28. The average molecular weight is 484 g/mol. The first-order valence-corrected chi connectivity index (χ1v) is 12.4. The van der Waals surface area contributed by atoms with E-state index in [9.17, 15) is 19.2 Å². The van der Waals surface area contributed by atoms with E-state index in [-0.39, 0.29) is 54.7 Å². The Labute approximate surface area is 205 Å². The number of amides is 2. The number of nitrogens with two attached hydrogens (primary N) is 1. The fraction of sp³-hybridized carbons (Fsp3) is 0.538. The predicted molar refractivity (Wildman–Crippen MR) is 139 cm³/mol. The summed E-state index contributed by atoms with van der Waals surface area (Å²) in [4.78, 5) is 57.1. The minimum atomic E-state index is -0.700. The summed E-state index contributed by atoms with van der Waals surface area (Å²) in [5.74, 6) is -1.00. The number of H-pyrrole nitrogens is 1. The standard InChI is InChI=1S/C26H37N5O4/c1-6-7-18-8-10-20(11-9-18)29-15-19(12-21(29)32)25(34)30(13-16(2)3)22-23(27)31(14-17(4)5)26(35)28-24(22)33/h8-11,16-17,19H,6-7,12-15,27H2,1-5H3,(H,28,33,35). The van der Waals surface area contributed by atoms with Crippen molar-refractivity contribution in [2.24, 2.45) is 17.8 Å². The largest absolute Gasteiger partial charge is 0.383 e. The molecule has 1 fully saturated rings. The summed E-state index contributed by atoms with van der Waals surface area (Å²) in [6.45, 7) is 10.6. The Hall–Kier alpha value is -3.36. The molecule has 1 atom stereocenters. The molecule has 2 aromatic rings. The zero-order valence-corrected chi connectivity index (χ0v) is 21.3. The fourth-order valence-corrected chi connectivity index (χ4v) is 4.52. The van der Waals surface area contributed by atoms with Crippen molar-refractivity contribution in [3.63, 3.8) is 0 Å². The molecule has 0 radical (unpaired) electrons. The summed E-state index contributed by atoms with van der Waals surface area (Å²) in [5, 5.41) is 0. The average Bonchev–Trinajstić information content (AvgIpc) is 3.17. The van der Waals surface area contributed by atoms with Crippen molar-refractivity contribution in [1.82, 2.24) is 9.55 Å². The van der Waals surface area contributed by atoms with Gasteiger partial charge in [-0.3, -0.25) is 23.9 Å². The van der Waals surface area contributed by atoms with E-state index in [1.807, 2.05) is 52.0 Å². The quantitative estimate of drug-likeness (QED) is 0.568. The van der Waals surface area contributed by atoms with E-state index in [1.165, 1.54) is 15.0 Å². The van der Waals surface area contributed by atoms with E-state index in [1.54, 1.807) is 4.90 Å². The van der Waals surface area contributed by atoms with Gasteiger partial charge in [-0.1, -0.05) is 53.2 Å². The van der Waals surface area contributed by atoms with Crippen LogP contribution in [-0.4, -0.2) is 34.5 Å². The lowest BCUT2D eigenvalue weighted by Crippen LogP contribution is -2.45. The Morgan fingerprint density at radius 3 is 2.34 bits per heavy atom. The summed E-state index contributed by atoms with van der Waals surface area (Å²) in [6.07, 6.45) is 2.05. The number of anilines is 3. The number of benzene rings is 1. The van der Waals surface area contributed by atoms with Crippen molar-refractivity contribution in [3.05, 3.63) is 50.7 Å². The molecule has 0 spiro atoms. The van der Waals surface area contributed by atoms with E-state index >= 15 is 0 Å². The molecule has 0 saturated carbocycles. The monoisotopic (exact) mass is 483 g/mol. The number of carbonyl (C=O) groups excluding carboxylic acids is 2. The lowest BCUT2D eigenvalue weighted by atomic mass is 10.1. The second-order valence-electron chi connectivity index (χ2n) is 10.2. The van der Waals surface area contributed by atoms with Crippen LogP contribution in [0.3, 0.4) is 0 Å². The molecule has 3 N–H and O–H groups in total. The normalized spacial score (nSPS) is 15.9. The van der Waals surface area contributed by atoms with Crippen LogP contribution >= 0.6 is 0 Å². The third-order valence-electron chi connectivity index (χ3n) is 6.11. The van der Waals surface area contributed by atoms with Gasteiger partial charge in [0.2, 0.25) is 11.8 Å². The summed E-state index contributed by atoms with van der Waals surface area (Å²) < 4.78 is 1.30. The Bertz CT molecular complexity index is 1180. The maximum atomic E-state index is 13.7. The SMILES string of the molecule is CCCc1ccc(N2CC(C(=O)N(CC(C)C)c3c(N)n(CC(C)C)c(=O)[nH]c3=O)CC2=O)cc1. The highest BCUT2D eigenvalue weighted by atomic mass is 16.2. The summed E-state index contributed by atoms with van der Waals surface area (Å²) in [5.41, 5.74) is 6.92. The van der Waals surface area contributed by atoms with Crippen molar-refractivity contribution in [2.75, 3.05) is 28.6 Å². The highest BCUT2D eigenvalue weighted by molar-refractivity contribution is 6.05. The first-order chi connectivity index (χ1) is 16.5. The first kappa shape index (κ1) is 26.2. The minimum absolute atomic E-state index is 0.0289. The van der Waals surface area contributed by atoms with E-state index in [0.29, 0.717) is 6.54 Å². The number of nitrogens with one attached hydrogen (secondary N) is 1. The Morgan fingerprint density at radius 2 is 1.77 bits per heavy atom. The molecule has 1 saturated heterocycles. The minimum Gasteiger partial charge on any atom is -0.383 e. The topological polar surface area (TPSA) is 122 Å². The van der Waals surface area contributed by atoms with E-state index in [2.05, 4.69) is 11.9 Å². The van der Waals surface area contributed by atoms with Crippen LogP contribution in [0.2, 0.25) is 0 Å². The zero-order valence-electron chi connectivity index (χ0n) is 21.3. The third-order valence-corrected chi connectivity index (χ3v) is 6.11. The fourth-order valence-electron chi connectivity index (χ4n) is 4.52. The highest BCUT2D eigenvalue weighted by Crippen LogP contribution is 2.29. The molecule has 1 aliphatic rings. The highest BCUT2D eigenvalue weighted by Gasteiger charge is 2.39. The van der Waals surface area contributed by atoms with Gasteiger partial charge in [0, 0.05) is 31.7 Å². The van der Waals surface area contributed by atoms with Crippen LogP contribution in [0, 0.1) is 17.8 Å². The number of aromatic nitrogens is 2. The molecule has 1 unspecified atom stereocenters. The second kappa shape index (κ2) is 10.9. The number of aromatic amines is 1. The van der Waals surface area contributed by atoms with Crippen LogP contribution in [0.4, 0.5) is 17.2 Å². The van der Waals surface area contributed by atoms with Gasteiger partial charge in [0.05, 0.1) is 5.92 Å². The van der Waals surface area contributed by atoms with Crippen molar-refractivity contribution in [1.29, 1.82) is 0 Å². The summed E-state index contributed by atoms with van der Waals surface area (Å²) in [6, 6.07) is 7.83. The van der Waals surface area contributed by atoms with Crippen LogP contribution < -0.4 is 26.8 Å². The smallest absolute Gasteiger partial charge is 0.330 e.